The average molecular weight is 228 g/mol. The Labute approximate surface area is 102 Å². The molecule has 2 nitrogen and oxygen atoms in total. The zero-order valence-electron chi connectivity index (χ0n) is 10.4. The highest BCUT2D eigenvalue weighted by atomic mass is 14.7. The Bertz CT molecular complexity index is 539. The van der Waals surface area contributed by atoms with Gasteiger partial charge in [0.1, 0.15) is 0 Å². The van der Waals surface area contributed by atoms with Crippen LogP contribution in [-0.2, 0) is 19.3 Å². The van der Waals surface area contributed by atoms with Gasteiger partial charge in [0.2, 0.25) is 0 Å². The summed E-state index contributed by atoms with van der Waals surface area (Å²) in [4.78, 5) is 3.39. The molecule has 1 atom stereocenters. The molecule has 2 aromatic rings. The summed E-state index contributed by atoms with van der Waals surface area (Å²) < 4.78 is 0. The summed E-state index contributed by atoms with van der Waals surface area (Å²) in [7, 11) is 0. The molecule has 1 aromatic heterocycles. The molecule has 1 heterocycles. The lowest BCUT2D eigenvalue weighted by molar-refractivity contribution is 0.648. The molecule has 17 heavy (non-hydrogen) atoms. The molecule has 0 amide bonds. The molecule has 0 aliphatic heterocycles. The lowest BCUT2D eigenvalue weighted by Gasteiger charge is -2.07. The number of fused-ring (bicyclic) bond motifs is 2. The second-order valence-electron chi connectivity index (χ2n) is 5.21. The lowest BCUT2D eigenvalue weighted by atomic mass is 10.0. The van der Waals surface area contributed by atoms with Gasteiger partial charge < -0.3 is 10.7 Å². The highest BCUT2D eigenvalue weighted by Gasteiger charge is 2.14. The molecule has 90 valence electrons. The predicted molar refractivity (Wildman–Crippen MR) is 72.3 cm³/mol. The molecular formula is C15H20N2. The smallest absolute Gasteiger partial charge is 0.0459 e. The van der Waals surface area contributed by atoms with Crippen LogP contribution in [0.15, 0.2) is 18.3 Å². The van der Waals surface area contributed by atoms with Gasteiger partial charge in [-0.05, 0) is 60.9 Å². The largest absolute Gasteiger partial charge is 0.361 e. The predicted octanol–water partition coefficient (Wildman–Crippen LogP) is 2.94. The Hall–Kier alpha value is -1.28. The van der Waals surface area contributed by atoms with E-state index >= 15 is 0 Å². The Morgan fingerprint density at radius 1 is 1.29 bits per heavy atom. The van der Waals surface area contributed by atoms with E-state index in [0.29, 0.717) is 0 Å². The van der Waals surface area contributed by atoms with Gasteiger partial charge >= 0.3 is 0 Å². The van der Waals surface area contributed by atoms with Crippen molar-refractivity contribution in [3.05, 3.63) is 35.0 Å². The first-order valence-corrected chi connectivity index (χ1v) is 6.65. The molecule has 0 bridgehead atoms. The number of rotatable bonds is 3. The summed E-state index contributed by atoms with van der Waals surface area (Å²) in [5.41, 5.74) is 11.8. The highest BCUT2D eigenvalue weighted by molar-refractivity contribution is 5.85. The minimum Gasteiger partial charge on any atom is -0.361 e. The number of aromatic amines is 1. The first kappa shape index (κ1) is 10.8. The van der Waals surface area contributed by atoms with Crippen LogP contribution in [-0.4, -0.2) is 11.0 Å². The first-order chi connectivity index (χ1) is 8.28. The van der Waals surface area contributed by atoms with E-state index in [-0.39, 0.29) is 6.04 Å². The molecule has 3 rings (SSSR count). The summed E-state index contributed by atoms with van der Waals surface area (Å²) >= 11 is 0. The Balaban J connectivity index is 2.03. The third-order valence-corrected chi connectivity index (χ3v) is 3.99. The van der Waals surface area contributed by atoms with Crippen LogP contribution in [0.1, 0.15) is 36.5 Å². The fraction of sp³-hybridized carbons (Fsp3) is 0.467. The SMILES string of the molecule is CCC(N)Cc1c[nH]c2cc3c(cc12)CCC3. The van der Waals surface area contributed by atoms with Crippen LogP contribution in [0.4, 0.5) is 0 Å². The maximum absolute atomic E-state index is 6.05. The number of hydrogen-bond donors (Lipinski definition) is 2. The van der Waals surface area contributed by atoms with Crippen molar-refractivity contribution in [3.8, 4) is 0 Å². The van der Waals surface area contributed by atoms with Gasteiger partial charge in [0.15, 0.2) is 0 Å². The maximum Gasteiger partial charge on any atom is 0.0459 e. The lowest BCUT2D eigenvalue weighted by Crippen LogP contribution is -2.21. The van der Waals surface area contributed by atoms with Gasteiger partial charge in [-0.1, -0.05) is 6.92 Å². The number of nitrogens with one attached hydrogen (secondary N) is 1. The van der Waals surface area contributed by atoms with Gasteiger partial charge in [-0.3, -0.25) is 0 Å². The molecule has 0 fully saturated rings. The van der Waals surface area contributed by atoms with E-state index in [1.165, 1.54) is 41.3 Å². The molecule has 0 saturated carbocycles. The van der Waals surface area contributed by atoms with E-state index in [1.54, 1.807) is 5.56 Å². The zero-order chi connectivity index (χ0) is 11.8. The number of nitrogens with two attached hydrogens (primary N) is 1. The van der Waals surface area contributed by atoms with E-state index in [1.807, 2.05) is 0 Å². The van der Waals surface area contributed by atoms with Crippen LogP contribution >= 0.6 is 0 Å². The van der Waals surface area contributed by atoms with Gasteiger partial charge in [0.05, 0.1) is 0 Å². The normalized spacial score (nSPS) is 16.4. The van der Waals surface area contributed by atoms with Crippen molar-refractivity contribution in [3.63, 3.8) is 0 Å². The highest BCUT2D eigenvalue weighted by Crippen LogP contribution is 2.29. The van der Waals surface area contributed by atoms with E-state index in [0.717, 1.165) is 12.8 Å². The molecule has 1 aliphatic rings. The third kappa shape index (κ3) is 1.87. The standard InChI is InChI=1S/C15H20N2/c1-2-13(16)6-12-9-17-15-8-11-5-3-4-10(11)7-14(12)15/h7-9,13,17H,2-6,16H2,1H3. The van der Waals surface area contributed by atoms with Crippen molar-refractivity contribution in [2.75, 3.05) is 0 Å². The van der Waals surface area contributed by atoms with Crippen molar-refractivity contribution in [2.24, 2.45) is 5.73 Å². The van der Waals surface area contributed by atoms with E-state index in [9.17, 15) is 0 Å². The molecule has 1 unspecified atom stereocenters. The molecule has 0 radical (unpaired) electrons. The van der Waals surface area contributed by atoms with E-state index in [4.69, 9.17) is 5.73 Å². The second-order valence-corrected chi connectivity index (χ2v) is 5.21. The molecule has 3 N–H and O–H groups in total. The zero-order valence-corrected chi connectivity index (χ0v) is 10.4. The quantitative estimate of drug-likeness (QED) is 0.833. The number of aryl methyl sites for hydroxylation is 2. The maximum atomic E-state index is 6.05. The molecule has 1 aromatic carbocycles. The summed E-state index contributed by atoms with van der Waals surface area (Å²) in [6, 6.07) is 4.99. The van der Waals surface area contributed by atoms with Crippen molar-refractivity contribution in [2.45, 2.75) is 45.1 Å². The summed E-state index contributed by atoms with van der Waals surface area (Å²) in [5, 5.41) is 1.38. The van der Waals surface area contributed by atoms with Gasteiger partial charge in [0.25, 0.3) is 0 Å². The van der Waals surface area contributed by atoms with Crippen LogP contribution in [0.3, 0.4) is 0 Å². The Morgan fingerprint density at radius 3 is 2.82 bits per heavy atom. The molecule has 0 spiro atoms. The van der Waals surface area contributed by atoms with Crippen molar-refractivity contribution in [1.29, 1.82) is 0 Å². The monoisotopic (exact) mass is 228 g/mol. The van der Waals surface area contributed by atoms with Crippen LogP contribution in [0.25, 0.3) is 10.9 Å². The van der Waals surface area contributed by atoms with Gasteiger partial charge in [-0.25, -0.2) is 0 Å². The second kappa shape index (κ2) is 4.19. The van der Waals surface area contributed by atoms with Crippen molar-refractivity contribution in [1.82, 2.24) is 4.98 Å². The van der Waals surface area contributed by atoms with Crippen LogP contribution in [0, 0.1) is 0 Å². The number of hydrogen-bond acceptors (Lipinski definition) is 1. The molecular weight excluding hydrogens is 208 g/mol. The van der Waals surface area contributed by atoms with E-state index < -0.39 is 0 Å². The fourth-order valence-corrected chi connectivity index (χ4v) is 2.85. The van der Waals surface area contributed by atoms with Crippen molar-refractivity contribution >= 4 is 10.9 Å². The van der Waals surface area contributed by atoms with Crippen LogP contribution < -0.4 is 5.73 Å². The summed E-state index contributed by atoms with van der Waals surface area (Å²) in [6.07, 6.45) is 7.96. The van der Waals surface area contributed by atoms with Gasteiger partial charge in [0, 0.05) is 23.1 Å². The topological polar surface area (TPSA) is 41.8 Å². The van der Waals surface area contributed by atoms with Crippen LogP contribution in [0.2, 0.25) is 0 Å². The molecule has 2 heteroatoms. The first-order valence-electron chi connectivity index (χ1n) is 6.65. The summed E-state index contributed by atoms with van der Waals surface area (Å²) in [6.45, 7) is 2.15. The van der Waals surface area contributed by atoms with Gasteiger partial charge in [-0.2, -0.15) is 0 Å². The minimum absolute atomic E-state index is 0.280. The Kier molecular flexibility index (Phi) is 2.67. The van der Waals surface area contributed by atoms with Gasteiger partial charge in [-0.15, -0.1) is 0 Å². The number of benzene rings is 1. The minimum atomic E-state index is 0.280. The molecule has 1 aliphatic carbocycles. The average Bonchev–Trinajstić information content (AvgIpc) is 2.93. The van der Waals surface area contributed by atoms with E-state index in [2.05, 4.69) is 30.2 Å². The van der Waals surface area contributed by atoms with Crippen LogP contribution in [0.5, 0.6) is 0 Å². The number of H-pyrrole nitrogens is 1. The third-order valence-electron chi connectivity index (χ3n) is 3.99. The van der Waals surface area contributed by atoms with Crippen molar-refractivity contribution < 1.29 is 0 Å². The fourth-order valence-electron chi connectivity index (χ4n) is 2.85. The molecule has 0 saturated heterocycles. The Morgan fingerprint density at radius 2 is 2.06 bits per heavy atom. The number of aromatic nitrogens is 1. The summed E-state index contributed by atoms with van der Waals surface area (Å²) in [5.74, 6) is 0.